The summed E-state index contributed by atoms with van der Waals surface area (Å²) in [5.74, 6) is 1.21. The molecule has 2 aliphatic carbocycles. The molecule has 0 aliphatic heterocycles. The largest absolute Gasteiger partial charge is 0.506 e. The van der Waals surface area contributed by atoms with Crippen LogP contribution in [0.15, 0.2) is 36.4 Å². The van der Waals surface area contributed by atoms with Gasteiger partial charge in [-0.15, -0.1) is 0 Å². The van der Waals surface area contributed by atoms with Crippen molar-refractivity contribution >= 4 is 11.6 Å². The minimum Gasteiger partial charge on any atom is -0.506 e. The van der Waals surface area contributed by atoms with Gasteiger partial charge in [-0.3, -0.25) is 4.79 Å². The van der Waals surface area contributed by atoms with E-state index in [1.807, 2.05) is 0 Å². The monoisotopic (exact) mass is 229 g/mol. The van der Waals surface area contributed by atoms with Gasteiger partial charge in [-0.25, -0.2) is 0 Å². The summed E-state index contributed by atoms with van der Waals surface area (Å²) < 4.78 is 0. The molecule has 0 spiro atoms. The molecule has 0 saturated heterocycles. The Hall–Kier alpha value is -1.77. The molecule has 17 heavy (non-hydrogen) atoms. The lowest BCUT2D eigenvalue weighted by Gasteiger charge is -2.17. The third-order valence-electron chi connectivity index (χ3n) is 3.78. The summed E-state index contributed by atoms with van der Waals surface area (Å²) in [5, 5.41) is 12.4. The van der Waals surface area contributed by atoms with E-state index in [-0.39, 0.29) is 17.6 Å². The number of allylic oxidation sites excluding steroid dienone is 2. The molecule has 1 aromatic rings. The van der Waals surface area contributed by atoms with Crippen LogP contribution in [0.2, 0.25) is 0 Å². The zero-order valence-corrected chi connectivity index (χ0v) is 9.47. The van der Waals surface area contributed by atoms with Crippen LogP contribution in [0.5, 0.6) is 5.75 Å². The third kappa shape index (κ3) is 1.82. The molecule has 2 bridgehead atoms. The zero-order valence-electron chi connectivity index (χ0n) is 9.47. The van der Waals surface area contributed by atoms with Crippen molar-refractivity contribution in [2.45, 2.75) is 12.8 Å². The summed E-state index contributed by atoms with van der Waals surface area (Å²) in [7, 11) is 0. The fourth-order valence-electron chi connectivity index (χ4n) is 2.89. The number of carbonyl (C=O) groups is 1. The average Bonchev–Trinajstić information content (AvgIpc) is 2.94. The highest BCUT2D eigenvalue weighted by Gasteiger charge is 2.39. The van der Waals surface area contributed by atoms with Gasteiger partial charge in [0.25, 0.3) is 0 Å². The lowest BCUT2D eigenvalue weighted by molar-refractivity contribution is -0.120. The summed E-state index contributed by atoms with van der Waals surface area (Å²) in [6, 6.07) is 6.84. The number of amides is 1. The van der Waals surface area contributed by atoms with Crippen molar-refractivity contribution in [3.05, 3.63) is 36.4 Å². The van der Waals surface area contributed by atoms with Crippen LogP contribution in [0, 0.1) is 17.8 Å². The first-order valence-electron chi connectivity index (χ1n) is 6.01. The molecular weight excluding hydrogens is 214 g/mol. The van der Waals surface area contributed by atoms with Crippen LogP contribution in [-0.4, -0.2) is 11.0 Å². The van der Waals surface area contributed by atoms with E-state index in [4.69, 9.17) is 0 Å². The van der Waals surface area contributed by atoms with Gasteiger partial charge in [-0.1, -0.05) is 24.3 Å². The molecule has 3 unspecified atom stereocenters. The molecule has 2 N–H and O–H groups in total. The summed E-state index contributed by atoms with van der Waals surface area (Å²) in [5.41, 5.74) is 0.504. The second-order valence-corrected chi connectivity index (χ2v) is 4.89. The number of hydrogen-bond donors (Lipinski definition) is 2. The van der Waals surface area contributed by atoms with E-state index < -0.39 is 0 Å². The van der Waals surface area contributed by atoms with Crippen LogP contribution in [0.3, 0.4) is 0 Å². The number of phenols is 1. The number of nitrogens with one attached hydrogen (secondary N) is 1. The van der Waals surface area contributed by atoms with E-state index in [9.17, 15) is 9.90 Å². The Kier molecular flexibility index (Phi) is 2.39. The number of carbonyl (C=O) groups excluding carboxylic acids is 1. The number of fused-ring (bicyclic) bond motifs is 2. The van der Waals surface area contributed by atoms with Gasteiger partial charge in [-0.05, 0) is 36.8 Å². The van der Waals surface area contributed by atoms with Crippen LogP contribution < -0.4 is 5.32 Å². The predicted octanol–water partition coefficient (Wildman–Crippen LogP) is 2.54. The smallest absolute Gasteiger partial charge is 0.228 e. The highest BCUT2D eigenvalue weighted by molar-refractivity contribution is 5.94. The average molecular weight is 229 g/mol. The minimum absolute atomic E-state index is 0.0309. The molecule has 2 aliphatic rings. The van der Waals surface area contributed by atoms with Gasteiger partial charge in [0.2, 0.25) is 5.91 Å². The van der Waals surface area contributed by atoms with Crippen LogP contribution >= 0.6 is 0 Å². The molecule has 0 radical (unpaired) electrons. The lowest BCUT2D eigenvalue weighted by Crippen LogP contribution is -2.25. The maximum atomic E-state index is 12.1. The van der Waals surface area contributed by atoms with Crippen molar-refractivity contribution in [1.29, 1.82) is 0 Å². The number of phenolic OH excluding ortho intramolecular Hbond substituents is 1. The maximum absolute atomic E-state index is 12.1. The van der Waals surface area contributed by atoms with E-state index >= 15 is 0 Å². The summed E-state index contributed by atoms with van der Waals surface area (Å²) in [4.78, 5) is 12.1. The van der Waals surface area contributed by atoms with Gasteiger partial charge >= 0.3 is 0 Å². The molecule has 1 amide bonds. The molecule has 3 heteroatoms. The third-order valence-corrected chi connectivity index (χ3v) is 3.78. The molecule has 3 atom stereocenters. The summed E-state index contributed by atoms with van der Waals surface area (Å²) in [6.07, 6.45) is 6.43. The first-order chi connectivity index (χ1) is 8.24. The molecule has 0 heterocycles. The molecule has 0 aromatic heterocycles. The highest BCUT2D eigenvalue weighted by Crippen LogP contribution is 2.43. The van der Waals surface area contributed by atoms with Crippen molar-refractivity contribution < 1.29 is 9.90 Å². The van der Waals surface area contributed by atoms with E-state index in [1.165, 1.54) is 0 Å². The van der Waals surface area contributed by atoms with Crippen molar-refractivity contribution in [3.63, 3.8) is 0 Å². The van der Waals surface area contributed by atoms with Gasteiger partial charge in [-0.2, -0.15) is 0 Å². The Labute approximate surface area is 100 Å². The van der Waals surface area contributed by atoms with E-state index in [2.05, 4.69) is 17.5 Å². The molecule has 88 valence electrons. The molecule has 1 aromatic carbocycles. The van der Waals surface area contributed by atoms with Gasteiger partial charge in [0.15, 0.2) is 0 Å². The number of para-hydroxylation sites is 2. The standard InChI is InChI=1S/C14H15NO2/c16-13-4-2-1-3-12(13)15-14(17)11-8-9-5-6-10(11)7-9/h1-6,9-11,16H,7-8H2,(H,15,17). The summed E-state index contributed by atoms with van der Waals surface area (Å²) >= 11 is 0. The second kappa shape index (κ2) is 3.91. The quantitative estimate of drug-likeness (QED) is 0.604. The van der Waals surface area contributed by atoms with E-state index in [0.29, 0.717) is 17.5 Å². The Morgan fingerprint density at radius 3 is 2.71 bits per heavy atom. The number of aromatic hydroxyl groups is 1. The van der Waals surface area contributed by atoms with Crippen molar-refractivity contribution in [2.75, 3.05) is 5.32 Å². The van der Waals surface area contributed by atoms with Crippen LogP contribution in [0.25, 0.3) is 0 Å². The fourth-order valence-corrected chi connectivity index (χ4v) is 2.89. The second-order valence-electron chi connectivity index (χ2n) is 4.89. The molecule has 1 fully saturated rings. The first-order valence-corrected chi connectivity index (χ1v) is 6.01. The van der Waals surface area contributed by atoms with Crippen LogP contribution in [0.4, 0.5) is 5.69 Å². The predicted molar refractivity (Wildman–Crippen MR) is 65.6 cm³/mol. The topological polar surface area (TPSA) is 49.3 Å². The Morgan fingerprint density at radius 1 is 1.24 bits per heavy atom. The molecule has 1 saturated carbocycles. The fraction of sp³-hybridized carbons (Fsp3) is 0.357. The van der Waals surface area contributed by atoms with Gasteiger partial charge in [0.05, 0.1) is 5.69 Å². The molecule has 3 rings (SSSR count). The Bertz CT molecular complexity index is 481. The van der Waals surface area contributed by atoms with Gasteiger partial charge in [0.1, 0.15) is 5.75 Å². The van der Waals surface area contributed by atoms with E-state index in [0.717, 1.165) is 12.8 Å². The SMILES string of the molecule is O=C(Nc1ccccc1O)C1CC2C=CC1C2. The maximum Gasteiger partial charge on any atom is 0.228 e. The zero-order chi connectivity index (χ0) is 11.8. The molecule has 3 nitrogen and oxygen atoms in total. The Morgan fingerprint density at radius 2 is 2.06 bits per heavy atom. The normalized spacial score (nSPS) is 29.5. The van der Waals surface area contributed by atoms with Gasteiger partial charge in [0, 0.05) is 5.92 Å². The number of hydrogen-bond acceptors (Lipinski definition) is 2. The summed E-state index contributed by atoms with van der Waals surface area (Å²) in [6.45, 7) is 0. The van der Waals surface area contributed by atoms with Crippen LogP contribution in [-0.2, 0) is 4.79 Å². The first kappa shape index (κ1) is 10.4. The van der Waals surface area contributed by atoms with Crippen molar-refractivity contribution in [3.8, 4) is 5.75 Å². The molecular formula is C14H15NO2. The van der Waals surface area contributed by atoms with Crippen molar-refractivity contribution in [1.82, 2.24) is 0 Å². The van der Waals surface area contributed by atoms with Crippen LogP contribution in [0.1, 0.15) is 12.8 Å². The highest BCUT2D eigenvalue weighted by atomic mass is 16.3. The van der Waals surface area contributed by atoms with Crippen molar-refractivity contribution in [2.24, 2.45) is 17.8 Å². The Balaban J connectivity index is 1.72. The van der Waals surface area contributed by atoms with E-state index in [1.54, 1.807) is 24.3 Å². The number of rotatable bonds is 2. The van der Waals surface area contributed by atoms with Gasteiger partial charge < -0.3 is 10.4 Å². The minimum atomic E-state index is 0.0309. The lowest BCUT2D eigenvalue weighted by atomic mass is 9.93. The number of benzene rings is 1. The number of anilines is 1.